The Kier molecular flexibility index (Phi) is 5.97. The van der Waals surface area contributed by atoms with Gasteiger partial charge in [0.25, 0.3) is 5.69 Å². The maximum atomic E-state index is 11.9. The van der Waals surface area contributed by atoms with Crippen LogP contribution >= 0.6 is 23.1 Å². The van der Waals surface area contributed by atoms with Gasteiger partial charge in [-0.25, -0.2) is 0 Å². The lowest BCUT2D eigenvalue weighted by molar-refractivity contribution is -0.384. The highest BCUT2D eigenvalue weighted by atomic mass is 32.2. The van der Waals surface area contributed by atoms with Crippen molar-refractivity contribution in [1.82, 2.24) is 15.5 Å². The number of thioether (sulfide) groups is 1. The van der Waals surface area contributed by atoms with Crippen molar-refractivity contribution in [2.75, 3.05) is 5.75 Å². The molecule has 134 valence electrons. The Hall–Kier alpha value is -2.72. The van der Waals surface area contributed by atoms with Crippen LogP contribution in [0.3, 0.4) is 0 Å². The molecular weight excluding hydrogens is 376 g/mol. The van der Waals surface area contributed by atoms with Crippen molar-refractivity contribution >= 4 is 34.7 Å². The van der Waals surface area contributed by atoms with Crippen LogP contribution in [0.15, 0.2) is 46.3 Å². The highest BCUT2D eigenvalue weighted by Gasteiger charge is 2.11. The van der Waals surface area contributed by atoms with Crippen LogP contribution in [0, 0.1) is 10.1 Å². The zero-order chi connectivity index (χ0) is 18.4. The van der Waals surface area contributed by atoms with Crippen LogP contribution in [0.5, 0.6) is 0 Å². The molecule has 26 heavy (non-hydrogen) atoms. The number of benzene rings is 1. The fourth-order valence-corrected chi connectivity index (χ4v) is 3.50. The number of thiophene rings is 1. The van der Waals surface area contributed by atoms with Gasteiger partial charge in [-0.3, -0.25) is 14.9 Å². The molecule has 0 fully saturated rings. The maximum absolute atomic E-state index is 11.9. The fourth-order valence-electron chi connectivity index (χ4n) is 2.03. The van der Waals surface area contributed by atoms with E-state index in [-0.39, 0.29) is 23.9 Å². The molecule has 3 aromatic rings. The number of hydrogen-bond acceptors (Lipinski definition) is 8. The minimum Gasteiger partial charge on any atom is -0.346 e. The second kappa shape index (κ2) is 8.59. The first-order valence-electron chi connectivity index (χ1n) is 7.56. The van der Waals surface area contributed by atoms with Crippen LogP contribution < -0.4 is 5.32 Å². The Morgan fingerprint density at radius 1 is 1.31 bits per heavy atom. The van der Waals surface area contributed by atoms with Gasteiger partial charge in [-0.2, -0.15) is 4.98 Å². The summed E-state index contributed by atoms with van der Waals surface area (Å²) in [6.45, 7) is 0.176. The summed E-state index contributed by atoms with van der Waals surface area (Å²) in [7, 11) is 0. The van der Waals surface area contributed by atoms with Crippen molar-refractivity contribution in [2.45, 2.75) is 12.3 Å². The van der Waals surface area contributed by atoms with E-state index >= 15 is 0 Å². The third kappa shape index (κ3) is 4.90. The zero-order valence-electron chi connectivity index (χ0n) is 13.5. The van der Waals surface area contributed by atoms with Crippen molar-refractivity contribution < 1.29 is 14.2 Å². The Labute approximate surface area is 156 Å². The minimum atomic E-state index is -0.439. The molecule has 2 heterocycles. The van der Waals surface area contributed by atoms with Crippen molar-refractivity contribution in [3.63, 3.8) is 0 Å². The summed E-state index contributed by atoms with van der Waals surface area (Å²) in [5.74, 6) is 1.57. The number of hydrogen-bond donors (Lipinski definition) is 1. The number of nitro groups is 1. The summed E-state index contributed by atoms with van der Waals surface area (Å²) in [5, 5.41) is 19.1. The van der Waals surface area contributed by atoms with Gasteiger partial charge in [0.1, 0.15) is 0 Å². The smallest absolute Gasteiger partial charge is 0.269 e. The van der Waals surface area contributed by atoms with Gasteiger partial charge in [0.15, 0.2) is 0 Å². The van der Waals surface area contributed by atoms with E-state index in [1.807, 2.05) is 17.5 Å². The Bertz CT molecular complexity index is 878. The van der Waals surface area contributed by atoms with Crippen LogP contribution in [0.1, 0.15) is 11.5 Å². The summed E-state index contributed by atoms with van der Waals surface area (Å²) >= 11 is 2.93. The maximum Gasteiger partial charge on any atom is 0.269 e. The Balaban J connectivity index is 1.40. The van der Waals surface area contributed by atoms with E-state index in [1.165, 1.54) is 35.2 Å². The minimum absolute atomic E-state index is 0.0537. The number of nitrogens with one attached hydrogen (secondary N) is 1. The van der Waals surface area contributed by atoms with Crippen LogP contribution in [-0.2, 0) is 17.1 Å². The van der Waals surface area contributed by atoms with Crippen molar-refractivity contribution in [1.29, 1.82) is 0 Å². The quantitative estimate of drug-likeness (QED) is 0.464. The number of aromatic nitrogens is 2. The van der Waals surface area contributed by atoms with Crippen molar-refractivity contribution in [3.8, 4) is 10.7 Å². The third-order valence-electron chi connectivity index (χ3n) is 3.30. The standard InChI is InChI=1S/C16H14N4O4S2/c21-14(10-25-9-11-3-5-12(6-4-11)20(22)23)17-8-15-18-16(19-24-15)13-2-1-7-26-13/h1-7H,8-10H2,(H,17,21). The first kappa shape index (κ1) is 18.1. The van der Waals surface area contributed by atoms with Crippen molar-refractivity contribution in [2.24, 2.45) is 0 Å². The molecule has 0 aliphatic heterocycles. The first-order chi connectivity index (χ1) is 12.6. The number of non-ortho nitro benzene ring substituents is 1. The molecule has 0 atom stereocenters. The zero-order valence-corrected chi connectivity index (χ0v) is 15.1. The van der Waals surface area contributed by atoms with E-state index < -0.39 is 4.92 Å². The highest BCUT2D eigenvalue weighted by Crippen LogP contribution is 2.21. The SMILES string of the molecule is O=C(CSCc1ccc([N+](=O)[O-])cc1)NCc1nc(-c2cccs2)no1. The molecule has 0 radical (unpaired) electrons. The number of carbonyl (C=O) groups is 1. The molecule has 0 unspecified atom stereocenters. The average Bonchev–Trinajstić information content (AvgIpc) is 3.32. The molecule has 2 aromatic heterocycles. The van der Waals surface area contributed by atoms with Gasteiger partial charge in [-0.15, -0.1) is 23.1 Å². The fraction of sp³-hybridized carbons (Fsp3) is 0.188. The van der Waals surface area contributed by atoms with Crippen LogP contribution in [-0.4, -0.2) is 26.7 Å². The molecule has 3 rings (SSSR count). The second-order valence-electron chi connectivity index (χ2n) is 5.18. The first-order valence-corrected chi connectivity index (χ1v) is 9.59. The summed E-state index contributed by atoms with van der Waals surface area (Å²) in [4.78, 5) is 27.2. The van der Waals surface area contributed by atoms with Crippen LogP contribution in [0.25, 0.3) is 10.7 Å². The van der Waals surface area contributed by atoms with Gasteiger partial charge in [0.2, 0.25) is 17.6 Å². The highest BCUT2D eigenvalue weighted by molar-refractivity contribution is 7.99. The molecule has 1 N–H and O–H groups in total. The molecule has 1 aromatic carbocycles. The monoisotopic (exact) mass is 390 g/mol. The van der Waals surface area contributed by atoms with Gasteiger partial charge in [0, 0.05) is 17.9 Å². The Morgan fingerprint density at radius 2 is 2.12 bits per heavy atom. The lowest BCUT2D eigenvalue weighted by Gasteiger charge is -2.03. The van der Waals surface area contributed by atoms with Crippen LogP contribution in [0.2, 0.25) is 0 Å². The predicted molar refractivity (Wildman–Crippen MR) is 98.7 cm³/mol. The lowest BCUT2D eigenvalue weighted by atomic mass is 10.2. The largest absolute Gasteiger partial charge is 0.346 e. The van der Waals surface area contributed by atoms with Gasteiger partial charge < -0.3 is 9.84 Å². The molecule has 0 bridgehead atoms. The normalized spacial score (nSPS) is 10.6. The van der Waals surface area contributed by atoms with E-state index in [0.29, 0.717) is 17.5 Å². The van der Waals surface area contributed by atoms with Crippen molar-refractivity contribution in [3.05, 3.63) is 63.3 Å². The number of rotatable bonds is 8. The summed E-state index contributed by atoms with van der Waals surface area (Å²) in [5.41, 5.74) is 0.976. The molecule has 1 amide bonds. The van der Waals surface area contributed by atoms with E-state index in [1.54, 1.807) is 12.1 Å². The number of carbonyl (C=O) groups excluding carboxylic acids is 1. The van der Waals surface area contributed by atoms with Gasteiger partial charge >= 0.3 is 0 Å². The average molecular weight is 390 g/mol. The summed E-state index contributed by atoms with van der Waals surface area (Å²) in [6, 6.07) is 10.1. The molecular formula is C16H14N4O4S2. The molecule has 0 aliphatic rings. The van der Waals surface area contributed by atoms with E-state index in [2.05, 4.69) is 15.5 Å². The van der Waals surface area contributed by atoms with E-state index in [9.17, 15) is 14.9 Å². The second-order valence-corrected chi connectivity index (χ2v) is 7.12. The number of nitrogens with zero attached hydrogens (tertiary/aromatic N) is 3. The number of nitro benzene ring substituents is 1. The molecule has 8 nitrogen and oxygen atoms in total. The molecule has 0 aliphatic carbocycles. The number of amides is 1. The van der Waals surface area contributed by atoms with Crippen LogP contribution in [0.4, 0.5) is 5.69 Å². The predicted octanol–water partition coefficient (Wildman–Crippen LogP) is 3.26. The summed E-state index contributed by atoms with van der Waals surface area (Å²) < 4.78 is 5.11. The molecule has 0 saturated carbocycles. The third-order valence-corrected chi connectivity index (χ3v) is 5.17. The lowest BCUT2D eigenvalue weighted by Crippen LogP contribution is -2.24. The molecule has 0 spiro atoms. The Morgan fingerprint density at radius 3 is 2.81 bits per heavy atom. The molecule has 10 heteroatoms. The van der Waals surface area contributed by atoms with Gasteiger partial charge in [-0.1, -0.05) is 23.4 Å². The van der Waals surface area contributed by atoms with E-state index in [0.717, 1.165) is 10.4 Å². The van der Waals surface area contributed by atoms with E-state index in [4.69, 9.17) is 4.52 Å². The molecule has 0 saturated heterocycles. The van der Waals surface area contributed by atoms with Gasteiger partial charge in [-0.05, 0) is 17.0 Å². The topological polar surface area (TPSA) is 111 Å². The summed E-state index contributed by atoms with van der Waals surface area (Å²) in [6.07, 6.45) is 0. The van der Waals surface area contributed by atoms with Gasteiger partial charge in [0.05, 0.1) is 22.1 Å².